The highest BCUT2D eigenvalue weighted by molar-refractivity contribution is 5.95. The summed E-state index contributed by atoms with van der Waals surface area (Å²) in [5.41, 5.74) is 3.85. The smallest absolute Gasteiger partial charge is 0.325 e. The first kappa shape index (κ1) is 31.6. The van der Waals surface area contributed by atoms with Gasteiger partial charge in [-0.05, 0) is 57.2 Å². The first-order valence-electron chi connectivity index (χ1n) is 14.5. The molecule has 3 heterocycles. The number of nitrogens with zero attached hydrogens (tertiary/aromatic N) is 2. The topological polar surface area (TPSA) is 167 Å². The molecule has 5 bridgehead atoms. The highest BCUT2D eigenvalue weighted by atomic mass is 16.5. The highest BCUT2D eigenvalue weighted by Gasteiger charge is 2.37. The Morgan fingerprint density at radius 2 is 1.86 bits per heavy atom. The largest absolute Gasteiger partial charge is 0.481 e. The van der Waals surface area contributed by atoms with Crippen molar-refractivity contribution in [3.05, 3.63) is 47.7 Å². The van der Waals surface area contributed by atoms with Gasteiger partial charge in [0.05, 0.1) is 23.0 Å². The van der Waals surface area contributed by atoms with Gasteiger partial charge in [0.1, 0.15) is 24.2 Å². The Hall–Kier alpha value is -4.32. The lowest BCUT2D eigenvalue weighted by atomic mass is 9.89. The number of aromatic nitrogens is 1. The molecule has 2 aliphatic rings. The second kappa shape index (κ2) is 12.9. The number of carboxylic acids is 1. The SMILES string of the molecule is CC(C)[C@@H]1NC(=O)C(C)(C)C=Cc2ccc3ccc(nc3c2)[C@@H](C)OC(=O)C2CCCN(N2)C(=O)[C@H](CC(=O)O)NC1=O. The Labute approximate surface area is 250 Å². The van der Waals surface area contributed by atoms with E-state index in [9.17, 15) is 29.1 Å². The van der Waals surface area contributed by atoms with Crippen LogP contribution in [0.15, 0.2) is 36.4 Å². The molecule has 0 saturated carbocycles. The van der Waals surface area contributed by atoms with Crippen LogP contribution in [0.4, 0.5) is 0 Å². The molecule has 3 amide bonds. The van der Waals surface area contributed by atoms with Crippen molar-refractivity contribution >= 4 is 46.6 Å². The fourth-order valence-corrected chi connectivity index (χ4v) is 4.98. The molecule has 4 atom stereocenters. The van der Waals surface area contributed by atoms with E-state index in [1.807, 2.05) is 24.3 Å². The maximum atomic E-state index is 13.5. The van der Waals surface area contributed by atoms with Crippen LogP contribution >= 0.6 is 0 Å². The predicted octanol–water partition coefficient (Wildman–Crippen LogP) is 2.49. The van der Waals surface area contributed by atoms with Crippen molar-refractivity contribution in [3.63, 3.8) is 0 Å². The molecule has 0 aliphatic carbocycles. The Kier molecular flexibility index (Phi) is 9.49. The molecule has 0 radical (unpaired) electrons. The minimum atomic E-state index is -1.44. The van der Waals surface area contributed by atoms with Crippen LogP contribution in [0, 0.1) is 11.3 Å². The number of cyclic esters (lactones) is 1. The lowest BCUT2D eigenvalue weighted by Crippen LogP contribution is -2.62. The number of esters is 1. The molecule has 1 fully saturated rings. The van der Waals surface area contributed by atoms with Gasteiger partial charge in [0.25, 0.3) is 5.91 Å². The summed E-state index contributed by atoms with van der Waals surface area (Å²) in [6.07, 6.45) is 2.99. The molecule has 230 valence electrons. The summed E-state index contributed by atoms with van der Waals surface area (Å²) in [6.45, 7) is 8.81. The third kappa shape index (κ3) is 7.56. The molecule has 43 heavy (non-hydrogen) atoms. The van der Waals surface area contributed by atoms with E-state index in [2.05, 4.69) is 16.1 Å². The number of rotatable bonds is 3. The Morgan fingerprint density at radius 1 is 1.14 bits per heavy atom. The summed E-state index contributed by atoms with van der Waals surface area (Å²) in [6, 6.07) is 6.02. The molecule has 2 aromatic rings. The number of hydrazine groups is 1. The van der Waals surface area contributed by atoms with Gasteiger partial charge in [-0.15, -0.1) is 0 Å². The Balaban J connectivity index is 1.73. The van der Waals surface area contributed by atoms with Gasteiger partial charge in [-0.3, -0.25) is 29.0 Å². The van der Waals surface area contributed by atoms with Crippen molar-refractivity contribution in [2.75, 3.05) is 6.54 Å². The van der Waals surface area contributed by atoms with Crippen LogP contribution in [0.25, 0.3) is 17.0 Å². The van der Waals surface area contributed by atoms with Gasteiger partial charge >= 0.3 is 11.9 Å². The van der Waals surface area contributed by atoms with E-state index in [0.29, 0.717) is 24.1 Å². The number of hydrogen-bond acceptors (Lipinski definition) is 8. The van der Waals surface area contributed by atoms with E-state index in [4.69, 9.17) is 9.72 Å². The van der Waals surface area contributed by atoms with Crippen molar-refractivity contribution in [2.24, 2.45) is 11.3 Å². The van der Waals surface area contributed by atoms with E-state index in [1.54, 1.807) is 52.8 Å². The number of fused-ring (bicyclic) bond motifs is 4. The summed E-state index contributed by atoms with van der Waals surface area (Å²) in [5, 5.41) is 16.9. The van der Waals surface area contributed by atoms with Crippen LogP contribution in [-0.2, 0) is 28.7 Å². The van der Waals surface area contributed by atoms with Gasteiger partial charge < -0.3 is 20.5 Å². The van der Waals surface area contributed by atoms with Crippen LogP contribution < -0.4 is 16.1 Å². The maximum Gasteiger partial charge on any atom is 0.325 e. The number of carboxylic acid groups (broad SMARTS) is 1. The minimum Gasteiger partial charge on any atom is -0.481 e. The van der Waals surface area contributed by atoms with Crippen molar-refractivity contribution in [2.45, 2.75) is 78.1 Å². The molecule has 1 aromatic carbocycles. The number of ether oxygens (including phenoxy) is 1. The molecular formula is C31H39N5O7. The van der Waals surface area contributed by atoms with E-state index in [1.165, 1.54) is 0 Å². The van der Waals surface area contributed by atoms with E-state index >= 15 is 0 Å². The number of aliphatic carboxylic acids is 1. The van der Waals surface area contributed by atoms with E-state index in [-0.39, 0.29) is 12.5 Å². The Morgan fingerprint density at radius 3 is 2.56 bits per heavy atom. The number of benzene rings is 1. The zero-order valence-corrected chi connectivity index (χ0v) is 25.0. The third-order valence-electron chi connectivity index (χ3n) is 7.69. The summed E-state index contributed by atoms with van der Waals surface area (Å²) in [7, 11) is 0. The maximum absolute atomic E-state index is 13.5. The zero-order chi connectivity index (χ0) is 31.5. The van der Waals surface area contributed by atoms with Gasteiger partial charge in [-0.2, -0.15) is 0 Å². The van der Waals surface area contributed by atoms with Gasteiger partial charge in [-0.1, -0.05) is 44.2 Å². The summed E-state index contributed by atoms with van der Waals surface area (Å²) < 4.78 is 5.72. The average Bonchev–Trinajstić information content (AvgIpc) is 2.96. The summed E-state index contributed by atoms with van der Waals surface area (Å²) in [4.78, 5) is 69.7. The standard InChI is InChI=1S/C31H39N5O7/c1-17(2)26-27(39)33-24(16-25(37)38)28(40)36-14-6-7-22(35-36)29(41)43-18(3)21-11-10-20-9-8-19(15-23(20)32-21)12-13-31(4,5)30(42)34-26/h8-13,15,17-18,22,24,26,35H,6-7,14,16H2,1-5H3,(H,33,39)(H,34,42)(H,37,38)/t18-,22?,24+,26+/m1/s1. The summed E-state index contributed by atoms with van der Waals surface area (Å²) >= 11 is 0. The quantitative estimate of drug-likeness (QED) is 0.391. The number of pyridine rings is 1. The molecule has 4 rings (SSSR count). The fraction of sp³-hybridized carbons (Fsp3) is 0.484. The van der Waals surface area contributed by atoms with Crippen molar-refractivity contribution in [1.82, 2.24) is 26.1 Å². The lowest BCUT2D eigenvalue weighted by molar-refractivity contribution is -0.158. The van der Waals surface area contributed by atoms with Crippen LogP contribution in [0.5, 0.6) is 0 Å². The average molecular weight is 594 g/mol. The van der Waals surface area contributed by atoms with Gasteiger partial charge in [0.15, 0.2) is 0 Å². The molecular weight excluding hydrogens is 554 g/mol. The van der Waals surface area contributed by atoms with Gasteiger partial charge in [0.2, 0.25) is 11.8 Å². The monoisotopic (exact) mass is 593 g/mol. The first-order valence-corrected chi connectivity index (χ1v) is 14.5. The fourth-order valence-electron chi connectivity index (χ4n) is 4.98. The van der Waals surface area contributed by atoms with E-state index in [0.717, 1.165) is 16.0 Å². The molecule has 0 spiro atoms. The van der Waals surface area contributed by atoms with E-state index < -0.39 is 65.7 Å². The normalized spacial score (nSPS) is 25.3. The molecule has 1 unspecified atom stereocenters. The van der Waals surface area contributed by atoms with Crippen molar-refractivity contribution in [3.8, 4) is 0 Å². The van der Waals surface area contributed by atoms with Crippen molar-refractivity contribution < 1.29 is 33.8 Å². The number of amides is 3. The third-order valence-corrected chi connectivity index (χ3v) is 7.69. The van der Waals surface area contributed by atoms with Crippen LogP contribution in [0.1, 0.15) is 71.2 Å². The minimum absolute atomic E-state index is 0.198. The number of carbonyl (C=O) groups is 5. The number of nitrogens with one attached hydrogen (secondary N) is 3. The summed E-state index contributed by atoms with van der Waals surface area (Å²) in [5.74, 6) is -4.08. The second-order valence-electron chi connectivity index (χ2n) is 12.0. The van der Waals surface area contributed by atoms with Crippen LogP contribution in [0.2, 0.25) is 0 Å². The molecule has 1 aromatic heterocycles. The van der Waals surface area contributed by atoms with Crippen LogP contribution in [-0.4, -0.2) is 69.4 Å². The van der Waals surface area contributed by atoms with Gasteiger partial charge in [-0.25, -0.2) is 10.4 Å². The highest BCUT2D eigenvalue weighted by Crippen LogP contribution is 2.25. The molecule has 1 saturated heterocycles. The lowest BCUT2D eigenvalue weighted by Gasteiger charge is -2.35. The van der Waals surface area contributed by atoms with Crippen LogP contribution in [0.3, 0.4) is 0 Å². The second-order valence-corrected chi connectivity index (χ2v) is 12.0. The van der Waals surface area contributed by atoms with Gasteiger partial charge in [0, 0.05) is 11.9 Å². The Bertz CT molecular complexity index is 1450. The first-order chi connectivity index (χ1) is 20.2. The number of carbonyl (C=O) groups excluding carboxylic acids is 4. The molecule has 2 aliphatic heterocycles. The number of hydrogen-bond donors (Lipinski definition) is 4. The van der Waals surface area contributed by atoms with Crippen molar-refractivity contribution in [1.29, 1.82) is 0 Å². The molecule has 12 nitrogen and oxygen atoms in total. The zero-order valence-electron chi connectivity index (χ0n) is 25.0. The molecule has 12 heteroatoms. The molecule has 4 N–H and O–H groups in total. The predicted molar refractivity (Wildman–Crippen MR) is 158 cm³/mol.